The van der Waals surface area contributed by atoms with Gasteiger partial charge >= 0.3 is 186 Å². The average Bonchev–Trinajstić information content (AvgIpc) is 3.20. The fraction of sp³-hybridized carbons (Fsp3) is 0.308. The van der Waals surface area contributed by atoms with Crippen molar-refractivity contribution in [3.8, 4) is 0 Å². The van der Waals surface area contributed by atoms with Gasteiger partial charge in [0.25, 0.3) is 0 Å². The van der Waals surface area contributed by atoms with Crippen molar-refractivity contribution in [2.24, 2.45) is 0 Å². The van der Waals surface area contributed by atoms with Gasteiger partial charge in [-0.1, -0.05) is 0 Å². The van der Waals surface area contributed by atoms with Crippen LogP contribution in [0.2, 0.25) is 10.1 Å². The third-order valence-corrected chi connectivity index (χ3v) is 8.03. The summed E-state index contributed by atoms with van der Waals surface area (Å²) in [6.07, 6.45) is 0.198. The van der Waals surface area contributed by atoms with Gasteiger partial charge in [0.2, 0.25) is 0 Å². The molecule has 1 heterocycles. The monoisotopic (exact) mass is 468 g/mol. The Kier molecular flexibility index (Phi) is 8.13. The van der Waals surface area contributed by atoms with Crippen molar-refractivity contribution in [1.29, 1.82) is 0 Å². The van der Waals surface area contributed by atoms with Crippen molar-refractivity contribution in [1.82, 2.24) is 0 Å². The summed E-state index contributed by atoms with van der Waals surface area (Å²) in [7, 11) is 0. The Morgan fingerprint density at radius 2 is 1.13 bits per heavy atom. The van der Waals surface area contributed by atoms with Crippen molar-refractivity contribution in [3.05, 3.63) is 108 Å². The predicted molar refractivity (Wildman–Crippen MR) is 120 cm³/mol. The van der Waals surface area contributed by atoms with E-state index in [2.05, 4.69) is 72.8 Å². The quantitative estimate of drug-likeness (QED) is 0.379. The number of ether oxygens (including phenoxy) is 3. The van der Waals surface area contributed by atoms with Crippen LogP contribution in [-0.4, -0.2) is 33.8 Å². The summed E-state index contributed by atoms with van der Waals surface area (Å²) in [5.41, 5.74) is 3.61. The summed E-state index contributed by atoms with van der Waals surface area (Å²) in [6, 6.07) is 31.1. The van der Waals surface area contributed by atoms with Crippen molar-refractivity contribution in [2.45, 2.75) is 42.2 Å². The zero-order chi connectivity index (χ0) is 20.4. The molecule has 30 heavy (non-hydrogen) atoms. The van der Waals surface area contributed by atoms with E-state index in [1.807, 2.05) is 18.2 Å². The first-order chi connectivity index (χ1) is 14.9. The maximum absolute atomic E-state index is 6.42. The zero-order valence-corrected chi connectivity index (χ0v) is 18.8. The summed E-state index contributed by atoms with van der Waals surface area (Å²) in [6.45, 7) is 2.61. The van der Waals surface area contributed by atoms with E-state index in [0.29, 0.717) is 39.6 Å². The van der Waals surface area contributed by atoms with Crippen LogP contribution >= 0.6 is 0 Å². The molecule has 3 aromatic carbocycles. The van der Waals surface area contributed by atoms with Gasteiger partial charge in [0, 0.05) is 0 Å². The van der Waals surface area contributed by atoms with Gasteiger partial charge in [0.15, 0.2) is 0 Å². The minimum atomic E-state index is 0.0738. The molecule has 0 aromatic heterocycles. The van der Waals surface area contributed by atoms with Crippen LogP contribution in [0.4, 0.5) is 0 Å². The Morgan fingerprint density at radius 1 is 0.633 bits per heavy atom. The topological polar surface area (TPSA) is 27.7 Å². The Labute approximate surface area is 185 Å². The summed E-state index contributed by atoms with van der Waals surface area (Å²) in [5, 5.41) is 1.07. The molecule has 3 aromatic rings. The normalized spacial score (nSPS) is 21.0. The van der Waals surface area contributed by atoms with E-state index in [9.17, 15) is 0 Å². The summed E-state index contributed by atoms with van der Waals surface area (Å²) in [5.74, 6) is 0. The van der Waals surface area contributed by atoms with Crippen LogP contribution in [-0.2, 0) is 34.0 Å². The molecular weight excluding hydrogens is 439 g/mol. The fourth-order valence-electron chi connectivity index (χ4n) is 3.56. The van der Waals surface area contributed by atoms with E-state index < -0.39 is 0 Å². The third-order valence-electron chi connectivity index (χ3n) is 5.19. The summed E-state index contributed by atoms with van der Waals surface area (Å²) in [4.78, 5) is 0.408. The second kappa shape index (κ2) is 11.5. The summed E-state index contributed by atoms with van der Waals surface area (Å²) >= 11 is 0.444. The molecule has 3 nitrogen and oxygen atoms in total. The molecular formula is C26H28O3Se. The molecule has 156 valence electrons. The van der Waals surface area contributed by atoms with Gasteiger partial charge in [-0.2, -0.15) is 0 Å². The van der Waals surface area contributed by atoms with Crippen molar-refractivity contribution in [2.75, 3.05) is 6.61 Å². The van der Waals surface area contributed by atoms with Crippen molar-refractivity contribution >= 4 is 15.0 Å². The predicted octanol–water partition coefficient (Wildman–Crippen LogP) is 5.30. The van der Waals surface area contributed by atoms with Gasteiger partial charge in [-0.25, -0.2) is 0 Å². The van der Waals surface area contributed by atoms with Crippen LogP contribution < -0.4 is 0 Å². The van der Waals surface area contributed by atoms with Gasteiger partial charge in [0.05, 0.1) is 0 Å². The molecule has 0 spiro atoms. The van der Waals surface area contributed by atoms with E-state index in [-0.39, 0.29) is 12.2 Å². The molecule has 1 aliphatic rings. The van der Waals surface area contributed by atoms with Gasteiger partial charge in [-0.3, -0.25) is 0 Å². The van der Waals surface area contributed by atoms with E-state index in [4.69, 9.17) is 14.2 Å². The molecule has 0 saturated carbocycles. The van der Waals surface area contributed by atoms with E-state index in [0.717, 1.165) is 11.9 Å². The Balaban J connectivity index is 1.35. The van der Waals surface area contributed by atoms with Gasteiger partial charge < -0.3 is 0 Å². The molecule has 0 N–H and O–H groups in total. The first-order valence-corrected chi connectivity index (χ1v) is 12.6. The van der Waals surface area contributed by atoms with Crippen molar-refractivity contribution in [3.63, 3.8) is 0 Å². The molecule has 0 aliphatic carbocycles. The minimum absolute atomic E-state index is 0.0738. The molecule has 1 unspecified atom stereocenters. The van der Waals surface area contributed by atoms with Crippen LogP contribution in [0.3, 0.4) is 0 Å². The number of hydrogen-bond donors (Lipinski definition) is 0. The second-order valence-corrected chi connectivity index (χ2v) is 10.1. The molecule has 0 amide bonds. The number of rotatable bonds is 10. The van der Waals surface area contributed by atoms with Crippen LogP contribution in [0.15, 0.2) is 91.0 Å². The second-order valence-electron chi connectivity index (χ2n) is 7.47. The zero-order valence-electron chi connectivity index (χ0n) is 17.1. The Morgan fingerprint density at radius 3 is 1.70 bits per heavy atom. The van der Waals surface area contributed by atoms with Gasteiger partial charge in [-0.15, -0.1) is 0 Å². The van der Waals surface area contributed by atoms with E-state index in [1.54, 1.807) is 0 Å². The SMILES string of the molecule is c1ccc(COC[C@@H]2[Se]CC(OCc3ccccc3)[C@@H]2OCc2ccccc2)cc1. The average molecular weight is 467 g/mol. The Hall–Kier alpha value is -1.94. The van der Waals surface area contributed by atoms with E-state index >= 15 is 0 Å². The summed E-state index contributed by atoms with van der Waals surface area (Å²) < 4.78 is 18.8. The van der Waals surface area contributed by atoms with Crippen LogP contribution in [0.5, 0.6) is 0 Å². The first-order valence-electron chi connectivity index (χ1n) is 10.4. The van der Waals surface area contributed by atoms with Crippen molar-refractivity contribution < 1.29 is 14.2 Å². The standard InChI is InChI=1S/C26H28O3Se/c1-4-10-21(11-5-1)16-27-19-25-26(29-18-23-14-8-3-9-15-23)24(20-30-25)28-17-22-12-6-2-7-13-22/h1-15,24-26H,16-20H2/t24?,25-,26-/m0/s1. The molecule has 1 saturated heterocycles. The third kappa shape index (κ3) is 6.28. The van der Waals surface area contributed by atoms with Gasteiger partial charge in [-0.05, 0) is 0 Å². The van der Waals surface area contributed by atoms with E-state index in [1.165, 1.54) is 16.7 Å². The molecule has 0 bridgehead atoms. The molecule has 1 fully saturated rings. The number of hydrogen-bond acceptors (Lipinski definition) is 3. The molecule has 4 rings (SSSR count). The number of benzene rings is 3. The maximum atomic E-state index is 6.42. The molecule has 0 radical (unpaired) electrons. The molecule has 1 aliphatic heterocycles. The van der Waals surface area contributed by atoms with Crippen LogP contribution in [0, 0.1) is 0 Å². The molecule has 4 heteroatoms. The van der Waals surface area contributed by atoms with Crippen LogP contribution in [0.1, 0.15) is 16.7 Å². The molecule has 3 atom stereocenters. The Bertz CT molecular complexity index is 857. The fourth-order valence-corrected chi connectivity index (χ4v) is 6.41. The van der Waals surface area contributed by atoms with Gasteiger partial charge in [0.1, 0.15) is 0 Å². The first kappa shape index (κ1) is 21.3. The van der Waals surface area contributed by atoms with Crippen LogP contribution in [0.25, 0.3) is 0 Å².